The predicted molar refractivity (Wildman–Crippen MR) is 33.1 cm³/mol. The molecule has 0 bridgehead atoms. The number of tetrazole rings is 2. The lowest BCUT2D eigenvalue weighted by molar-refractivity contribution is 0.881. The van der Waals surface area contributed by atoms with Crippen LogP contribution in [-0.2, 0) is 0 Å². The van der Waals surface area contributed by atoms with Gasteiger partial charge in [0.1, 0.15) is 0 Å². The molecule has 8 heteroatoms. The third kappa shape index (κ3) is 2.98. The summed E-state index contributed by atoms with van der Waals surface area (Å²) in [5.41, 5.74) is 0. The molecule has 0 fully saturated rings. The minimum absolute atomic E-state index is 0.676. The molecule has 2 heterocycles. The second-order valence-corrected chi connectivity index (χ2v) is 1.52. The Bertz CT molecular complexity index is 227. The van der Waals surface area contributed by atoms with Crippen molar-refractivity contribution in [2.24, 2.45) is 0 Å². The van der Waals surface area contributed by atoms with Gasteiger partial charge in [-0.15, -0.1) is 20.4 Å². The number of hydrogen-bond acceptors (Lipinski definition) is 6. The standard InChI is InChI=1S/C2H4N4.CH2N4/c1-2-3-5-6-4-2;1-2-4-5-3-1/h1H3,(H,3,4,5,6);1H,(H,2,3,4,5). The molecule has 11 heavy (non-hydrogen) atoms. The Morgan fingerprint density at radius 1 is 1.27 bits per heavy atom. The van der Waals surface area contributed by atoms with Crippen LogP contribution in [0, 0.1) is 6.92 Å². The maximum Gasteiger partial charge on any atom is 0.171 e. The molecule has 0 spiro atoms. The summed E-state index contributed by atoms with van der Waals surface area (Å²) in [6, 6.07) is 0. The summed E-state index contributed by atoms with van der Waals surface area (Å²) in [4.78, 5) is 0. The molecule has 0 unspecified atom stereocenters. The molecule has 2 rings (SSSR count). The number of nitrogens with zero attached hydrogens (tertiary/aromatic N) is 6. The van der Waals surface area contributed by atoms with Crippen molar-refractivity contribution >= 4 is 0 Å². The molecule has 0 radical (unpaired) electrons. The van der Waals surface area contributed by atoms with Crippen LogP contribution in [0.3, 0.4) is 0 Å². The normalized spacial score (nSPS) is 8.45. The lowest BCUT2D eigenvalue weighted by atomic mass is 10.8. The summed E-state index contributed by atoms with van der Waals surface area (Å²) in [5, 5.41) is 24.9. The van der Waals surface area contributed by atoms with Crippen molar-refractivity contribution in [2.75, 3.05) is 0 Å². The van der Waals surface area contributed by atoms with Gasteiger partial charge in [-0.05, 0) is 6.92 Å². The fourth-order valence-corrected chi connectivity index (χ4v) is 0.341. The van der Waals surface area contributed by atoms with Crippen molar-refractivity contribution < 1.29 is 0 Å². The Kier molecular flexibility index (Phi) is 2.66. The molecule has 0 atom stereocenters. The predicted octanol–water partition coefficient (Wildman–Crippen LogP) is -1.29. The largest absolute Gasteiger partial charge is 0.177 e. The molecule has 0 aliphatic heterocycles. The van der Waals surface area contributed by atoms with E-state index >= 15 is 0 Å². The Labute approximate surface area is 61.4 Å². The van der Waals surface area contributed by atoms with Crippen LogP contribution in [0.1, 0.15) is 5.82 Å². The molecule has 0 aliphatic rings. The quantitative estimate of drug-likeness (QED) is 0.488. The molecular formula is C3H6N8. The highest BCUT2D eigenvalue weighted by Crippen LogP contribution is 1.69. The van der Waals surface area contributed by atoms with Crippen LogP contribution < -0.4 is 0 Å². The molecule has 2 aromatic heterocycles. The van der Waals surface area contributed by atoms with Crippen LogP contribution in [0.4, 0.5) is 0 Å². The zero-order valence-electron chi connectivity index (χ0n) is 5.76. The Morgan fingerprint density at radius 2 is 2.18 bits per heavy atom. The second kappa shape index (κ2) is 4.04. The van der Waals surface area contributed by atoms with E-state index in [2.05, 4.69) is 41.2 Å². The summed E-state index contributed by atoms with van der Waals surface area (Å²) in [5.74, 6) is 0.676. The maximum absolute atomic E-state index is 3.57. The third-order valence-corrected chi connectivity index (χ3v) is 0.721. The average Bonchev–Trinajstić information content (AvgIpc) is 2.57. The van der Waals surface area contributed by atoms with Crippen LogP contribution in [0.25, 0.3) is 0 Å². The van der Waals surface area contributed by atoms with Crippen LogP contribution in [0.5, 0.6) is 0 Å². The molecule has 2 aromatic rings. The highest BCUT2D eigenvalue weighted by atomic mass is 15.5. The number of aromatic amines is 2. The Balaban J connectivity index is 0.000000112. The van der Waals surface area contributed by atoms with Crippen molar-refractivity contribution in [3.8, 4) is 0 Å². The lowest BCUT2D eigenvalue weighted by Crippen LogP contribution is -1.69. The van der Waals surface area contributed by atoms with Crippen molar-refractivity contribution in [2.45, 2.75) is 6.92 Å². The van der Waals surface area contributed by atoms with Crippen molar-refractivity contribution in [3.63, 3.8) is 0 Å². The second-order valence-electron chi connectivity index (χ2n) is 1.52. The molecule has 0 aliphatic carbocycles. The first kappa shape index (κ1) is 7.25. The summed E-state index contributed by atoms with van der Waals surface area (Å²) >= 11 is 0. The summed E-state index contributed by atoms with van der Waals surface area (Å²) in [6.07, 6.45) is 1.33. The van der Waals surface area contributed by atoms with Gasteiger partial charge in [-0.1, -0.05) is 10.4 Å². The Hall–Kier alpha value is -1.86. The number of aryl methyl sites for hydroxylation is 1. The summed E-state index contributed by atoms with van der Waals surface area (Å²) in [6.45, 7) is 1.77. The van der Waals surface area contributed by atoms with Crippen molar-refractivity contribution in [1.82, 2.24) is 41.2 Å². The van der Waals surface area contributed by atoms with Crippen LogP contribution in [0.15, 0.2) is 6.33 Å². The van der Waals surface area contributed by atoms with E-state index in [1.54, 1.807) is 6.92 Å². The fraction of sp³-hybridized carbons (Fsp3) is 0.333. The minimum atomic E-state index is 0.676. The van der Waals surface area contributed by atoms with E-state index in [1.807, 2.05) is 0 Å². The number of aromatic nitrogens is 8. The zero-order chi connectivity index (χ0) is 7.94. The first-order valence-corrected chi connectivity index (χ1v) is 2.76. The smallest absolute Gasteiger partial charge is 0.171 e. The van der Waals surface area contributed by atoms with Gasteiger partial charge in [-0.3, -0.25) is 0 Å². The van der Waals surface area contributed by atoms with E-state index in [1.165, 1.54) is 6.33 Å². The number of H-pyrrole nitrogens is 2. The molecule has 0 amide bonds. The van der Waals surface area contributed by atoms with Gasteiger partial charge in [0.05, 0.1) is 0 Å². The molecule has 0 saturated heterocycles. The summed E-state index contributed by atoms with van der Waals surface area (Å²) in [7, 11) is 0. The van der Waals surface area contributed by atoms with Gasteiger partial charge in [0.25, 0.3) is 0 Å². The van der Waals surface area contributed by atoms with Gasteiger partial charge in [-0.25, -0.2) is 0 Å². The topological polar surface area (TPSA) is 109 Å². The first-order valence-electron chi connectivity index (χ1n) is 2.76. The summed E-state index contributed by atoms with van der Waals surface area (Å²) < 4.78 is 0. The minimum Gasteiger partial charge on any atom is -0.177 e. The highest BCUT2D eigenvalue weighted by molar-refractivity contribution is 4.63. The third-order valence-electron chi connectivity index (χ3n) is 0.721. The monoisotopic (exact) mass is 154 g/mol. The van der Waals surface area contributed by atoms with E-state index in [4.69, 9.17) is 0 Å². The molecule has 0 aromatic carbocycles. The van der Waals surface area contributed by atoms with Gasteiger partial charge >= 0.3 is 0 Å². The average molecular weight is 154 g/mol. The molecule has 58 valence electrons. The van der Waals surface area contributed by atoms with Gasteiger partial charge in [0.2, 0.25) is 0 Å². The lowest BCUT2D eigenvalue weighted by Gasteiger charge is -1.59. The van der Waals surface area contributed by atoms with Crippen LogP contribution in [-0.4, -0.2) is 41.2 Å². The van der Waals surface area contributed by atoms with Gasteiger partial charge < -0.3 is 0 Å². The fourth-order valence-electron chi connectivity index (χ4n) is 0.341. The van der Waals surface area contributed by atoms with E-state index < -0.39 is 0 Å². The zero-order valence-corrected chi connectivity index (χ0v) is 5.76. The maximum atomic E-state index is 3.57. The molecular weight excluding hydrogens is 148 g/mol. The van der Waals surface area contributed by atoms with Crippen molar-refractivity contribution in [1.29, 1.82) is 0 Å². The van der Waals surface area contributed by atoms with Gasteiger partial charge in [0, 0.05) is 0 Å². The molecule has 2 N–H and O–H groups in total. The number of hydrogen-bond donors (Lipinski definition) is 2. The SMILES string of the molecule is Cc1nn[nH]n1.c1nn[nH]n1. The number of rotatable bonds is 0. The first-order chi connectivity index (χ1) is 5.39. The molecule has 8 nitrogen and oxygen atoms in total. The highest BCUT2D eigenvalue weighted by Gasteiger charge is 1.78. The van der Waals surface area contributed by atoms with Crippen LogP contribution in [0.2, 0.25) is 0 Å². The Morgan fingerprint density at radius 3 is 2.36 bits per heavy atom. The van der Waals surface area contributed by atoms with Gasteiger partial charge in [0.15, 0.2) is 12.2 Å². The van der Waals surface area contributed by atoms with E-state index in [9.17, 15) is 0 Å². The molecule has 0 saturated carbocycles. The van der Waals surface area contributed by atoms with Crippen molar-refractivity contribution in [3.05, 3.63) is 12.2 Å². The van der Waals surface area contributed by atoms with Gasteiger partial charge in [-0.2, -0.15) is 10.4 Å². The number of nitrogens with one attached hydrogen (secondary N) is 2. The van der Waals surface area contributed by atoms with Crippen LogP contribution >= 0.6 is 0 Å². The van der Waals surface area contributed by atoms with E-state index in [0.717, 1.165) is 0 Å². The van der Waals surface area contributed by atoms with E-state index in [-0.39, 0.29) is 0 Å². The van der Waals surface area contributed by atoms with E-state index in [0.29, 0.717) is 5.82 Å².